The van der Waals surface area contributed by atoms with E-state index < -0.39 is 0 Å². The normalized spacial score (nSPS) is 17.2. The van der Waals surface area contributed by atoms with Crippen LogP contribution in [0.5, 0.6) is 11.5 Å². The van der Waals surface area contributed by atoms with Crippen molar-refractivity contribution < 1.29 is 9.47 Å². The SMILES string of the molecule is COc1ccc(CCN(C)[C@@H]2CCCN(c3ccnc(C)n3)C2)cc1OC. The van der Waals surface area contributed by atoms with E-state index in [-0.39, 0.29) is 0 Å². The van der Waals surface area contributed by atoms with E-state index in [1.165, 1.54) is 18.4 Å². The summed E-state index contributed by atoms with van der Waals surface area (Å²) in [6.45, 7) is 5.03. The third-order valence-corrected chi connectivity index (χ3v) is 5.31. The number of hydrogen-bond donors (Lipinski definition) is 0. The lowest BCUT2D eigenvalue weighted by molar-refractivity contribution is 0.217. The highest BCUT2D eigenvalue weighted by atomic mass is 16.5. The van der Waals surface area contributed by atoms with E-state index in [1.54, 1.807) is 14.2 Å². The third kappa shape index (κ3) is 4.89. The molecule has 1 saturated heterocycles. The van der Waals surface area contributed by atoms with Gasteiger partial charge in [-0.1, -0.05) is 6.07 Å². The Morgan fingerprint density at radius 3 is 2.74 bits per heavy atom. The number of aromatic nitrogens is 2. The molecule has 2 heterocycles. The summed E-state index contributed by atoms with van der Waals surface area (Å²) in [5.74, 6) is 3.44. The van der Waals surface area contributed by atoms with E-state index in [9.17, 15) is 0 Å². The zero-order valence-electron chi connectivity index (χ0n) is 16.8. The Labute approximate surface area is 162 Å². The number of piperidine rings is 1. The Bertz CT molecular complexity index is 753. The molecule has 0 N–H and O–H groups in total. The van der Waals surface area contributed by atoms with Crippen molar-refractivity contribution in [3.05, 3.63) is 41.9 Å². The molecule has 6 heteroatoms. The topological polar surface area (TPSA) is 50.7 Å². The predicted octanol–water partition coefficient (Wildman–Crippen LogP) is 2.95. The number of rotatable bonds is 7. The van der Waals surface area contributed by atoms with Gasteiger partial charge in [-0.05, 0) is 57.0 Å². The van der Waals surface area contributed by atoms with E-state index in [1.807, 2.05) is 25.3 Å². The zero-order chi connectivity index (χ0) is 19.2. The molecule has 0 amide bonds. The van der Waals surface area contributed by atoms with E-state index in [0.717, 1.165) is 49.2 Å². The van der Waals surface area contributed by atoms with Crippen molar-refractivity contribution in [1.82, 2.24) is 14.9 Å². The van der Waals surface area contributed by atoms with E-state index in [4.69, 9.17) is 9.47 Å². The molecule has 1 fully saturated rings. The second kappa shape index (κ2) is 9.04. The minimum atomic E-state index is 0.536. The number of hydrogen-bond acceptors (Lipinski definition) is 6. The second-order valence-corrected chi connectivity index (χ2v) is 7.12. The Morgan fingerprint density at radius 2 is 2.00 bits per heavy atom. The summed E-state index contributed by atoms with van der Waals surface area (Å²) in [6.07, 6.45) is 5.25. The number of aryl methyl sites for hydroxylation is 1. The van der Waals surface area contributed by atoms with Crippen LogP contribution in [0.1, 0.15) is 24.2 Å². The van der Waals surface area contributed by atoms with Crippen molar-refractivity contribution in [2.75, 3.05) is 45.8 Å². The monoisotopic (exact) mass is 370 g/mol. The number of ether oxygens (including phenoxy) is 2. The van der Waals surface area contributed by atoms with Crippen LogP contribution in [0.4, 0.5) is 5.82 Å². The molecule has 3 rings (SSSR count). The molecular formula is C21H30N4O2. The van der Waals surface area contributed by atoms with Gasteiger partial charge in [-0.3, -0.25) is 0 Å². The van der Waals surface area contributed by atoms with Crippen LogP contribution >= 0.6 is 0 Å². The van der Waals surface area contributed by atoms with Gasteiger partial charge in [-0.15, -0.1) is 0 Å². The minimum absolute atomic E-state index is 0.536. The number of methoxy groups -OCH3 is 2. The zero-order valence-corrected chi connectivity index (χ0v) is 16.8. The summed E-state index contributed by atoms with van der Waals surface area (Å²) in [4.78, 5) is 13.7. The molecule has 1 aromatic carbocycles. The summed E-state index contributed by atoms with van der Waals surface area (Å²) < 4.78 is 10.7. The molecule has 2 aromatic rings. The fourth-order valence-electron chi connectivity index (χ4n) is 3.67. The smallest absolute Gasteiger partial charge is 0.160 e. The molecule has 0 saturated carbocycles. The highest BCUT2D eigenvalue weighted by molar-refractivity contribution is 5.43. The Kier molecular flexibility index (Phi) is 6.50. The number of nitrogens with zero attached hydrogens (tertiary/aromatic N) is 4. The summed E-state index contributed by atoms with van der Waals surface area (Å²) >= 11 is 0. The second-order valence-electron chi connectivity index (χ2n) is 7.12. The highest BCUT2D eigenvalue weighted by Gasteiger charge is 2.24. The average molecular weight is 370 g/mol. The van der Waals surface area contributed by atoms with Crippen LogP contribution in [0.25, 0.3) is 0 Å². The predicted molar refractivity (Wildman–Crippen MR) is 108 cm³/mol. The highest BCUT2D eigenvalue weighted by Crippen LogP contribution is 2.28. The molecule has 1 atom stereocenters. The van der Waals surface area contributed by atoms with Gasteiger partial charge >= 0.3 is 0 Å². The fourth-order valence-corrected chi connectivity index (χ4v) is 3.67. The lowest BCUT2D eigenvalue weighted by atomic mass is 10.0. The molecule has 1 aliphatic rings. The van der Waals surface area contributed by atoms with Crippen molar-refractivity contribution >= 4 is 5.82 Å². The number of benzene rings is 1. The molecule has 146 valence electrons. The van der Waals surface area contributed by atoms with Crippen LogP contribution in [-0.4, -0.2) is 61.8 Å². The van der Waals surface area contributed by atoms with Crippen molar-refractivity contribution in [1.29, 1.82) is 0 Å². The molecule has 1 aromatic heterocycles. The molecular weight excluding hydrogens is 340 g/mol. The van der Waals surface area contributed by atoms with Gasteiger partial charge in [0.15, 0.2) is 11.5 Å². The van der Waals surface area contributed by atoms with E-state index in [0.29, 0.717) is 6.04 Å². The van der Waals surface area contributed by atoms with Crippen LogP contribution in [0, 0.1) is 6.92 Å². The van der Waals surface area contributed by atoms with Gasteiger partial charge < -0.3 is 19.3 Å². The van der Waals surface area contributed by atoms with Crippen LogP contribution < -0.4 is 14.4 Å². The number of anilines is 1. The first-order valence-electron chi connectivity index (χ1n) is 9.56. The van der Waals surface area contributed by atoms with Crippen molar-refractivity contribution in [3.63, 3.8) is 0 Å². The van der Waals surface area contributed by atoms with Crippen LogP contribution in [0.2, 0.25) is 0 Å². The first kappa shape index (κ1) is 19.4. The van der Waals surface area contributed by atoms with Gasteiger partial charge in [0.1, 0.15) is 11.6 Å². The molecule has 0 unspecified atom stereocenters. The molecule has 0 bridgehead atoms. The minimum Gasteiger partial charge on any atom is -0.493 e. The van der Waals surface area contributed by atoms with Gasteiger partial charge in [-0.2, -0.15) is 0 Å². The Morgan fingerprint density at radius 1 is 1.19 bits per heavy atom. The quantitative estimate of drug-likeness (QED) is 0.747. The van der Waals surface area contributed by atoms with Crippen LogP contribution in [0.15, 0.2) is 30.5 Å². The van der Waals surface area contributed by atoms with Gasteiger partial charge in [0.05, 0.1) is 14.2 Å². The molecule has 0 spiro atoms. The Balaban J connectivity index is 1.58. The molecule has 27 heavy (non-hydrogen) atoms. The van der Waals surface area contributed by atoms with Crippen LogP contribution in [-0.2, 0) is 6.42 Å². The summed E-state index contributed by atoms with van der Waals surface area (Å²) in [6, 6.07) is 8.72. The average Bonchev–Trinajstić information content (AvgIpc) is 2.71. The first-order valence-corrected chi connectivity index (χ1v) is 9.56. The summed E-state index contributed by atoms with van der Waals surface area (Å²) in [5, 5.41) is 0. The maximum absolute atomic E-state index is 5.42. The van der Waals surface area contributed by atoms with Crippen molar-refractivity contribution in [3.8, 4) is 11.5 Å². The molecule has 0 radical (unpaired) electrons. The van der Waals surface area contributed by atoms with Gasteiger partial charge in [0.25, 0.3) is 0 Å². The van der Waals surface area contributed by atoms with E-state index in [2.05, 4.69) is 38.9 Å². The first-order chi connectivity index (χ1) is 13.1. The van der Waals surface area contributed by atoms with Crippen LogP contribution in [0.3, 0.4) is 0 Å². The Hall–Kier alpha value is -2.34. The van der Waals surface area contributed by atoms with Gasteiger partial charge in [0.2, 0.25) is 0 Å². The maximum Gasteiger partial charge on any atom is 0.160 e. The lowest BCUT2D eigenvalue weighted by Crippen LogP contribution is -2.47. The summed E-state index contributed by atoms with van der Waals surface area (Å²) in [5.41, 5.74) is 1.26. The lowest BCUT2D eigenvalue weighted by Gasteiger charge is -2.38. The standard InChI is InChI=1S/C21H30N4O2/c1-16-22-11-9-21(23-16)25-12-5-6-18(15-25)24(2)13-10-17-7-8-19(26-3)20(14-17)27-4/h7-9,11,14,18H,5-6,10,12-13,15H2,1-4H3/t18-/m1/s1. The van der Waals surface area contributed by atoms with Crippen molar-refractivity contribution in [2.24, 2.45) is 0 Å². The van der Waals surface area contributed by atoms with Gasteiger partial charge in [-0.25, -0.2) is 9.97 Å². The fraction of sp³-hybridized carbons (Fsp3) is 0.524. The van der Waals surface area contributed by atoms with E-state index >= 15 is 0 Å². The molecule has 6 nitrogen and oxygen atoms in total. The molecule has 1 aliphatic heterocycles. The largest absolute Gasteiger partial charge is 0.493 e. The summed E-state index contributed by atoms with van der Waals surface area (Å²) in [7, 11) is 5.57. The maximum atomic E-state index is 5.42. The van der Waals surface area contributed by atoms with Gasteiger partial charge in [0, 0.05) is 31.9 Å². The van der Waals surface area contributed by atoms with Crippen molar-refractivity contribution in [2.45, 2.75) is 32.2 Å². The number of likely N-dealkylation sites (N-methyl/N-ethyl adjacent to an activating group) is 1. The molecule has 0 aliphatic carbocycles. The third-order valence-electron chi connectivity index (χ3n) is 5.31.